The Hall–Kier alpha value is -2.94. The van der Waals surface area contributed by atoms with Crippen LogP contribution in [0.2, 0.25) is 0 Å². The molecule has 8 heteroatoms. The van der Waals surface area contributed by atoms with E-state index < -0.39 is 23.7 Å². The van der Waals surface area contributed by atoms with Crippen molar-refractivity contribution in [2.75, 3.05) is 13.2 Å². The van der Waals surface area contributed by atoms with Crippen molar-refractivity contribution in [2.45, 2.75) is 77.0 Å². The smallest absolute Gasteiger partial charge is 0.445 e. The second-order valence-electron chi connectivity index (χ2n) is 9.54. The number of hydrogen-bond acceptors (Lipinski definition) is 8. The Balaban J connectivity index is 2.25. The van der Waals surface area contributed by atoms with Gasteiger partial charge in [-0.15, -0.1) is 0 Å². The molecule has 4 unspecified atom stereocenters. The Morgan fingerprint density at radius 1 is 1.36 bits per heavy atom. The minimum atomic E-state index is -1.95. The number of unbranched alkanes of at least 4 members (excludes halogenated alkanes) is 1. The highest BCUT2D eigenvalue weighted by atomic mass is 16.8. The number of benzene rings is 1. The number of hydrogen-bond donors (Lipinski definition) is 2. The number of rotatable bonds is 12. The monoisotopic (exact) mass is 498 g/mol. The molecule has 2 heterocycles. The summed E-state index contributed by atoms with van der Waals surface area (Å²) in [5, 5.41) is 3.28. The number of allylic oxidation sites excluding steroid dienone is 2. The van der Waals surface area contributed by atoms with Gasteiger partial charge in [0.05, 0.1) is 12.7 Å². The largest absolute Gasteiger partial charge is 0.511 e. The predicted molar refractivity (Wildman–Crippen MR) is 138 cm³/mol. The van der Waals surface area contributed by atoms with Crippen molar-refractivity contribution in [3.8, 4) is 5.75 Å². The first-order valence-corrected chi connectivity index (χ1v) is 12.5. The molecule has 3 N–H and O–H groups in total. The minimum absolute atomic E-state index is 0.135. The van der Waals surface area contributed by atoms with Crippen molar-refractivity contribution in [3.05, 3.63) is 65.3 Å². The number of ether oxygens (including phenoxy) is 4. The van der Waals surface area contributed by atoms with Crippen LogP contribution in [0.1, 0.15) is 64.5 Å². The number of nitrogens with one attached hydrogen (secondary N) is 1. The van der Waals surface area contributed by atoms with Gasteiger partial charge in [-0.3, -0.25) is 5.32 Å². The maximum Gasteiger partial charge on any atom is 0.511 e. The van der Waals surface area contributed by atoms with Gasteiger partial charge in [0.1, 0.15) is 12.0 Å². The summed E-state index contributed by atoms with van der Waals surface area (Å²) in [6, 6.07) is 5.65. The van der Waals surface area contributed by atoms with Gasteiger partial charge in [-0.25, -0.2) is 4.79 Å². The van der Waals surface area contributed by atoms with E-state index in [4.69, 9.17) is 24.7 Å². The molecule has 1 saturated heterocycles. The van der Waals surface area contributed by atoms with Crippen molar-refractivity contribution in [3.63, 3.8) is 0 Å². The third kappa shape index (κ3) is 5.26. The van der Waals surface area contributed by atoms with E-state index in [1.807, 2.05) is 32.0 Å². The molecule has 2 aliphatic rings. The fraction of sp³-hybridized carbons (Fsp3) is 0.500. The summed E-state index contributed by atoms with van der Waals surface area (Å²) in [7, 11) is 0. The molecule has 196 valence electrons. The fourth-order valence-electron chi connectivity index (χ4n) is 4.28. The molecular weight excluding hydrogens is 460 g/mol. The van der Waals surface area contributed by atoms with Gasteiger partial charge in [0.25, 0.3) is 0 Å². The van der Waals surface area contributed by atoms with Crippen LogP contribution in [-0.2, 0) is 24.5 Å². The molecular formula is C28H38N2O6. The number of fused-ring (bicyclic) bond motifs is 1. The molecule has 0 aliphatic carbocycles. The zero-order valence-corrected chi connectivity index (χ0v) is 21.8. The summed E-state index contributed by atoms with van der Waals surface area (Å²) in [5.41, 5.74) is 6.46. The van der Waals surface area contributed by atoms with Gasteiger partial charge in [0, 0.05) is 17.7 Å². The van der Waals surface area contributed by atoms with Crippen molar-refractivity contribution in [1.82, 2.24) is 5.32 Å². The van der Waals surface area contributed by atoms with Gasteiger partial charge >= 0.3 is 11.9 Å². The molecule has 0 amide bonds. The van der Waals surface area contributed by atoms with Crippen LogP contribution in [0.4, 0.5) is 4.79 Å². The van der Waals surface area contributed by atoms with Crippen molar-refractivity contribution in [1.29, 1.82) is 0 Å². The number of aldehydes is 1. The van der Waals surface area contributed by atoms with Crippen LogP contribution >= 0.6 is 0 Å². The summed E-state index contributed by atoms with van der Waals surface area (Å²) in [5.74, 6) is -1.32. The Labute approximate surface area is 213 Å². The van der Waals surface area contributed by atoms with Gasteiger partial charge in [0.15, 0.2) is 11.8 Å². The second kappa shape index (κ2) is 11.4. The summed E-state index contributed by atoms with van der Waals surface area (Å²) in [4.78, 5) is 26.2. The highest BCUT2D eigenvalue weighted by Gasteiger charge is 2.68. The zero-order chi connectivity index (χ0) is 26.5. The highest BCUT2D eigenvalue weighted by Crippen LogP contribution is 2.54. The topological polar surface area (TPSA) is 112 Å². The normalized spacial score (nSPS) is 27.0. The van der Waals surface area contributed by atoms with E-state index in [-0.39, 0.29) is 18.6 Å². The molecule has 0 bridgehead atoms. The van der Waals surface area contributed by atoms with E-state index in [2.05, 4.69) is 25.7 Å². The molecule has 36 heavy (non-hydrogen) atoms. The van der Waals surface area contributed by atoms with Crippen LogP contribution in [-0.4, -0.2) is 43.7 Å². The minimum Gasteiger partial charge on any atom is -0.445 e. The van der Waals surface area contributed by atoms with Crippen LogP contribution in [0, 0.1) is 0 Å². The average Bonchev–Trinajstić information content (AvgIpc) is 3.46. The van der Waals surface area contributed by atoms with Crippen molar-refractivity contribution >= 4 is 12.4 Å². The SMILES string of the molecule is C=C(C)/C(=C\C=C/CN)C1(OC(=O)OCCCC)Oc2cc(C(C)C)ccc2C1(C=O)NC1OC1C. The fourth-order valence-corrected chi connectivity index (χ4v) is 4.28. The van der Waals surface area contributed by atoms with Crippen LogP contribution in [0.5, 0.6) is 5.75 Å². The third-order valence-electron chi connectivity index (χ3n) is 6.42. The molecule has 8 nitrogen and oxygen atoms in total. The summed E-state index contributed by atoms with van der Waals surface area (Å²) < 4.78 is 23.5. The van der Waals surface area contributed by atoms with Gasteiger partial charge < -0.3 is 29.5 Å². The lowest BCUT2D eigenvalue weighted by Crippen LogP contribution is -2.65. The van der Waals surface area contributed by atoms with Crippen LogP contribution < -0.4 is 15.8 Å². The average molecular weight is 499 g/mol. The Morgan fingerprint density at radius 2 is 2.08 bits per heavy atom. The Morgan fingerprint density at radius 3 is 2.64 bits per heavy atom. The van der Waals surface area contributed by atoms with E-state index in [0.29, 0.717) is 41.7 Å². The van der Waals surface area contributed by atoms with E-state index in [0.717, 1.165) is 12.0 Å². The maximum absolute atomic E-state index is 13.2. The molecule has 0 aromatic heterocycles. The molecule has 1 aromatic rings. The molecule has 3 rings (SSSR count). The van der Waals surface area contributed by atoms with E-state index in [1.165, 1.54) is 0 Å². The van der Waals surface area contributed by atoms with Gasteiger partial charge in [0.2, 0.25) is 0 Å². The molecule has 1 aromatic carbocycles. The quantitative estimate of drug-likeness (QED) is 0.141. The van der Waals surface area contributed by atoms with Gasteiger partial charge in [-0.2, -0.15) is 0 Å². The molecule has 0 radical (unpaired) electrons. The second-order valence-corrected chi connectivity index (χ2v) is 9.54. The first kappa shape index (κ1) is 27.6. The third-order valence-corrected chi connectivity index (χ3v) is 6.42. The van der Waals surface area contributed by atoms with Gasteiger partial charge in [-0.1, -0.05) is 64.1 Å². The van der Waals surface area contributed by atoms with E-state index in [1.54, 1.807) is 25.2 Å². The first-order chi connectivity index (χ1) is 17.2. The lowest BCUT2D eigenvalue weighted by atomic mass is 9.78. The molecule has 4 atom stereocenters. The zero-order valence-electron chi connectivity index (χ0n) is 21.8. The number of carbonyl (C=O) groups is 2. The number of carbonyl (C=O) groups excluding carboxylic acids is 2. The lowest BCUT2D eigenvalue weighted by molar-refractivity contribution is -0.171. The number of nitrogens with two attached hydrogens (primary N) is 1. The van der Waals surface area contributed by atoms with E-state index in [9.17, 15) is 9.59 Å². The van der Waals surface area contributed by atoms with Crippen molar-refractivity contribution < 1.29 is 28.5 Å². The maximum atomic E-state index is 13.2. The summed E-state index contributed by atoms with van der Waals surface area (Å²) >= 11 is 0. The van der Waals surface area contributed by atoms with Crippen LogP contribution in [0.15, 0.2) is 54.2 Å². The molecule has 0 saturated carbocycles. The predicted octanol–water partition coefficient (Wildman–Crippen LogP) is 4.60. The van der Waals surface area contributed by atoms with Crippen LogP contribution in [0.3, 0.4) is 0 Å². The number of epoxide rings is 1. The van der Waals surface area contributed by atoms with Crippen LogP contribution in [0.25, 0.3) is 0 Å². The lowest BCUT2D eigenvalue weighted by Gasteiger charge is -2.41. The standard InChI is InChI=1S/C28H38N2O6/c1-7-8-15-33-26(32)36-28(22(19(4)5)11-9-10-14-29)27(17-31,30-25-20(6)34-25)23-13-12-21(18(2)3)16-24(23)35-28/h9-13,16-18,20,25,30H,4,7-8,14-15,29H2,1-3,5-6H3/b10-9-,22-11+. The Kier molecular flexibility index (Phi) is 8.76. The summed E-state index contributed by atoms with van der Waals surface area (Å²) in [6.07, 6.45) is 5.85. The summed E-state index contributed by atoms with van der Waals surface area (Å²) in [6.45, 7) is 14.3. The molecule has 2 aliphatic heterocycles. The van der Waals surface area contributed by atoms with E-state index >= 15 is 0 Å². The highest BCUT2D eigenvalue weighted by molar-refractivity contribution is 5.79. The molecule has 0 spiro atoms. The molecule has 1 fully saturated rings. The first-order valence-electron chi connectivity index (χ1n) is 12.5. The Bertz CT molecular complexity index is 1050. The van der Waals surface area contributed by atoms with Gasteiger partial charge in [-0.05, 0) is 43.4 Å². The van der Waals surface area contributed by atoms with Crippen molar-refractivity contribution in [2.24, 2.45) is 5.73 Å².